The molecule has 0 radical (unpaired) electrons. The van der Waals surface area contributed by atoms with Crippen LogP contribution in [-0.2, 0) is 23.9 Å². The van der Waals surface area contributed by atoms with E-state index in [2.05, 4.69) is 0 Å². The number of aliphatic hydroxyl groups is 1. The Morgan fingerprint density at radius 2 is 1.78 bits per heavy atom. The van der Waals surface area contributed by atoms with Gasteiger partial charge in [-0.3, -0.25) is 19.2 Å². The highest BCUT2D eigenvalue weighted by molar-refractivity contribution is 6.23. The molecule has 146 valence electrons. The molecule has 27 heavy (non-hydrogen) atoms. The van der Waals surface area contributed by atoms with Gasteiger partial charge in [0.1, 0.15) is 12.2 Å². The van der Waals surface area contributed by atoms with Gasteiger partial charge in [-0.25, -0.2) is 0 Å². The van der Waals surface area contributed by atoms with Gasteiger partial charge in [-0.1, -0.05) is 11.6 Å². The van der Waals surface area contributed by atoms with Gasteiger partial charge in [-0.15, -0.1) is 0 Å². The highest BCUT2D eigenvalue weighted by Gasteiger charge is 2.66. The summed E-state index contributed by atoms with van der Waals surface area (Å²) in [5.74, 6) is -2.30. The first-order valence-corrected chi connectivity index (χ1v) is 9.10. The van der Waals surface area contributed by atoms with Gasteiger partial charge in [-0.2, -0.15) is 0 Å². The molecule has 2 atom stereocenters. The number of carbonyl (C=O) groups excluding carboxylic acids is 3. The van der Waals surface area contributed by atoms with Crippen LogP contribution in [0.4, 0.5) is 0 Å². The fourth-order valence-corrected chi connectivity index (χ4v) is 4.28. The van der Waals surface area contributed by atoms with Gasteiger partial charge in [0.15, 0.2) is 11.6 Å². The summed E-state index contributed by atoms with van der Waals surface area (Å²) in [7, 11) is 0. The number of esters is 1. The van der Waals surface area contributed by atoms with Crippen molar-refractivity contribution in [1.82, 2.24) is 0 Å². The summed E-state index contributed by atoms with van der Waals surface area (Å²) < 4.78 is 5.18. The van der Waals surface area contributed by atoms with Crippen LogP contribution in [0, 0.1) is 10.8 Å². The molecule has 0 aliphatic heterocycles. The molecule has 0 aromatic carbocycles. The Morgan fingerprint density at radius 1 is 1.15 bits per heavy atom. The fourth-order valence-electron chi connectivity index (χ4n) is 4.28. The number of fused-ring (bicyclic) bond motifs is 1. The van der Waals surface area contributed by atoms with Crippen molar-refractivity contribution in [3.05, 3.63) is 22.8 Å². The van der Waals surface area contributed by atoms with Gasteiger partial charge in [0.05, 0.1) is 5.41 Å². The number of hydrogen-bond donors (Lipinski definition) is 2. The van der Waals surface area contributed by atoms with Crippen molar-refractivity contribution < 1.29 is 34.1 Å². The summed E-state index contributed by atoms with van der Waals surface area (Å²) in [5.41, 5.74) is -2.06. The van der Waals surface area contributed by atoms with Crippen molar-refractivity contribution in [2.24, 2.45) is 10.8 Å². The van der Waals surface area contributed by atoms with E-state index in [9.17, 15) is 24.3 Å². The second-order valence-electron chi connectivity index (χ2n) is 8.20. The van der Waals surface area contributed by atoms with E-state index >= 15 is 0 Å². The van der Waals surface area contributed by atoms with Crippen LogP contribution >= 0.6 is 0 Å². The lowest BCUT2D eigenvalue weighted by Crippen LogP contribution is -2.49. The Kier molecular flexibility index (Phi) is 4.42. The Morgan fingerprint density at radius 3 is 2.33 bits per heavy atom. The number of rotatable bonds is 6. The largest absolute Gasteiger partial charge is 0.481 e. The zero-order chi connectivity index (χ0) is 20.2. The molecule has 7 heteroatoms. The Balaban J connectivity index is 1.79. The molecular weight excluding hydrogens is 352 g/mol. The van der Waals surface area contributed by atoms with Crippen molar-refractivity contribution in [3.8, 4) is 0 Å². The summed E-state index contributed by atoms with van der Waals surface area (Å²) >= 11 is 0. The summed E-state index contributed by atoms with van der Waals surface area (Å²) in [6, 6.07) is 0. The molecule has 0 amide bonds. The average molecular weight is 376 g/mol. The second-order valence-corrected chi connectivity index (χ2v) is 8.20. The van der Waals surface area contributed by atoms with E-state index in [1.54, 1.807) is 13.8 Å². The van der Waals surface area contributed by atoms with Crippen molar-refractivity contribution in [2.75, 3.05) is 6.61 Å². The number of ether oxygens (including phenoxy) is 1. The molecular formula is C20H24O7. The molecule has 1 fully saturated rings. The number of aliphatic carboxylic acids is 1. The predicted molar refractivity (Wildman–Crippen MR) is 93.6 cm³/mol. The molecule has 0 aromatic rings. The van der Waals surface area contributed by atoms with E-state index in [1.165, 1.54) is 13.0 Å². The van der Waals surface area contributed by atoms with Gasteiger partial charge >= 0.3 is 11.9 Å². The lowest BCUT2D eigenvalue weighted by molar-refractivity contribution is -0.147. The molecule has 1 unspecified atom stereocenters. The number of carbonyl (C=O) groups is 4. The second kappa shape index (κ2) is 6.12. The van der Waals surface area contributed by atoms with Crippen molar-refractivity contribution in [3.63, 3.8) is 0 Å². The summed E-state index contributed by atoms with van der Waals surface area (Å²) in [6.07, 6.45) is 2.81. The fraction of sp³-hybridized carbons (Fsp3) is 0.600. The average Bonchev–Trinajstić information content (AvgIpc) is 3.35. The molecule has 3 rings (SSSR count). The van der Waals surface area contributed by atoms with Crippen LogP contribution in [0.1, 0.15) is 52.9 Å². The third-order valence-electron chi connectivity index (χ3n) is 6.24. The summed E-state index contributed by atoms with van der Waals surface area (Å²) in [4.78, 5) is 48.2. The van der Waals surface area contributed by atoms with Crippen LogP contribution in [0.2, 0.25) is 0 Å². The van der Waals surface area contributed by atoms with E-state index in [0.717, 1.165) is 5.57 Å². The van der Waals surface area contributed by atoms with Gasteiger partial charge < -0.3 is 14.9 Å². The topological polar surface area (TPSA) is 118 Å². The van der Waals surface area contributed by atoms with Crippen LogP contribution in [0.5, 0.6) is 0 Å². The number of Topliss-reactive ketones (excluding diaryl/α,β-unsaturated/α-hetero) is 2. The minimum atomic E-state index is -1.54. The molecule has 3 aliphatic carbocycles. The van der Waals surface area contributed by atoms with E-state index in [1.807, 2.05) is 0 Å². The quantitative estimate of drug-likeness (QED) is 0.678. The van der Waals surface area contributed by atoms with Gasteiger partial charge in [0.25, 0.3) is 0 Å². The molecule has 3 aliphatic rings. The van der Waals surface area contributed by atoms with Gasteiger partial charge in [0, 0.05) is 29.4 Å². The standard InChI is InChI=1S/C20H24O7/c1-11-15-12(16(24)19(3,26)20(11)7-8-20)9-18(2,17(15)25)10-27-14(23)6-4-5-13(21)22/h9,26H,4-8,10H2,1-3H3,(H,21,22)/t18?,19-/m0/s1. The molecule has 1 saturated carbocycles. The van der Waals surface area contributed by atoms with Crippen LogP contribution < -0.4 is 0 Å². The maximum atomic E-state index is 13.0. The van der Waals surface area contributed by atoms with Crippen molar-refractivity contribution in [1.29, 1.82) is 0 Å². The minimum Gasteiger partial charge on any atom is -0.481 e. The minimum absolute atomic E-state index is 0.0500. The highest BCUT2D eigenvalue weighted by atomic mass is 16.5. The van der Waals surface area contributed by atoms with Crippen LogP contribution in [0.3, 0.4) is 0 Å². The van der Waals surface area contributed by atoms with Crippen LogP contribution in [-0.4, -0.2) is 45.9 Å². The number of ketones is 2. The molecule has 0 heterocycles. The molecule has 0 aromatic heterocycles. The lowest BCUT2D eigenvalue weighted by atomic mass is 9.68. The Bertz CT molecular complexity index is 810. The third kappa shape index (κ3) is 2.84. The molecule has 0 bridgehead atoms. The first kappa shape index (κ1) is 19.5. The predicted octanol–water partition coefficient (Wildman–Crippen LogP) is 1.73. The van der Waals surface area contributed by atoms with E-state index in [-0.39, 0.29) is 37.2 Å². The molecule has 7 nitrogen and oxygen atoms in total. The number of allylic oxidation sites excluding steroid dienone is 1. The van der Waals surface area contributed by atoms with Gasteiger partial charge in [0.2, 0.25) is 0 Å². The zero-order valence-corrected chi connectivity index (χ0v) is 15.8. The van der Waals surface area contributed by atoms with Crippen LogP contribution in [0.25, 0.3) is 0 Å². The Labute approximate surface area is 157 Å². The van der Waals surface area contributed by atoms with Crippen molar-refractivity contribution >= 4 is 23.5 Å². The highest BCUT2D eigenvalue weighted by Crippen LogP contribution is 2.64. The van der Waals surface area contributed by atoms with E-state index in [4.69, 9.17) is 9.84 Å². The Hall–Kier alpha value is -2.28. The molecule has 0 saturated heterocycles. The first-order chi connectivity index (χ1) is 12.5. The van der Waals surface area contributed by atoms with E-state index < -0.39 is 34.2 Å². The monoisotopic (exact) mass is 376 g/mol. The maximum Gasteiger partial charge on any atom is 0.305 e. The van der Waals surface area contributed by atoms with Gasteiger partial charge in [-0.05, 0) is 40.0 Å². The zero-order valence-electron chi connectivity index (χ0n) is 15.8. The van der Waals surface area contributed by atoms with Crippen molar-refractivity contribution in [2.45, 2.75) is 58.5 Å². The van der Waals surface area contributed by atoms with E-state index in [0.29, 0.717) is 18.4 Å². The number of hydrogen-bond acceptors (Lipinski definition) is 6. The summed E-state index contributed by atoms with van der Waals surface area (Å²) in [6.45, 7) is 4.68. The number of carboxylic acids is 1. The third-order valence-corrected chi connectivity index (χ3v) is 6.24. The lowest BCUT2D eigenvalue weighted by Gasteiger charge is -2.38. The van der Waals surface area contributed by atoms with Crippen LogP contribution in [0.15, 0.2) is 22.8 Å². The normalized spacial score (nSPS) is 31.0. The first-order valence-electron chi connectivity index (χ1n) is 9.10. The maximum absolute atomic E-state index is 13.0. The molecule has 2 N–H and O–H groups in total. The molecule has 1 spiro atoms. The summed E-state index contributed by atoms with van der Waals surface area (Å²) in [5, 5.41) is 19.4. The smallest absolute Gasteiger partial charge is 0.305 e. The SMILES string of the molecule is CC1=C2C(=O)C(C)(COC(=O)CCCC(=O)O)C=C2C(=O)[C@](C)(O)C12CC2. The number of carboxylic acid groups (broad SMARTS) is 1.